The minimum Gasteiger partial charge on any atom is -0.508 e. The molecule has 0 aliphatic rings. The van der Waals surface area contributed by atoms with Crippen LogP contribution in [0.5, 0.6) is 23.0 Å². The van der Waals surface area contributed by atoms with Gasteiger partial charge in [-0.3, -0.25) is 0 Å². The molecule has 3 aromatic rings. The SMILES string of the molecule is CCCCC(CC)CN(CC(CC)CCCC)c1nc(-c2ccc(O)c(C)c2O)nc(-c2ccc(O)c(C)c2O)n1. The second-order valence-electron chi connectivity index (χ2n) is 11.2. The summed E-state index contributed by atoms with van der Waals surface area (Å²) in [5.41, 5.74) is 1.41. The van der Waals surface area contributed by atoms with Crippen molar-refractivity contribution in [3.63, 3.8) is 0 Å². The van der Waals surface area contributed by atoms with E-state index in [4.69, 9.17) is 9.97 Å². The van der Waals surface area contributed by atoms with Gasteiger partial charge in [0.05, 0.1) is 11.1 Å². The number of phenols is 4. The zero-order valence-corrected chi connectivity index (χ0v) is 25.6. The van der Waals surface area contributed by atoms with Crippen LogP contribution in [0, 0.1) is 25.7 Å². The highest BCUT2D eigenvalue weighted by Crippen LogP contribution is 2.39. The predicted octanol–water partition coefficient (Wildman–Crippen LogP) is 7.88. The van der Waals surface area contributed by atoms with Crippen molar-refractivity contribution in [3.05, 3.63) is 35.4 Å². The predicted molar refractivity (Wildman–Crippen MR) is 166 cm³/mol. The molecule has 3 rings (SSSR count). The maximum Gasteiger partial charge on any atom is 0.229 e. The molecule has 0 radical (unpaired) electrons. The summed E-state index contributed by atoms with van der Waals surface area (Å²) in [7, 11) is 0. The summed E-state index contributed by atoms with van der Waals surface area (Å²) >= 11 is 0. The molecule has 0 amide bonds. The summed E-state index contributed by atoms with van der Waals surface area (Å²) in [6, 6.07) is 6.23. The van der Waals surface area contributed by atoms with Gasteiger partial charge in [0.25, 0.3) is 0 Å². The van der Waals surface area contributed by atoms with E-state index in [-0.39, 0.29) is 34.6 Å². The number of nitrogens with zero attached hydrogens (tertiary/aromatic N) is 4. The van der Waals surface area contributed by atoms with Crippen LogP contribution in [-0.2, 0) is 0 Å². The summed E-state index contributed by atoms with van der Waals surface area (Å²) < 4.78 is 0. The van der Waals surface area contributed by atoms with Crippen molar-refractivity contribution in [2.24, 2.45) is 11.8 Å². The molecular formula is C33H48N4O4. The number of rotatable bonds is 15. The van der Waals surface area contributed by atoms with E-state index in [0.29, 0.717) is 40.0 Å². The molecule has 1 aromatic heterocycles. The lowest BCUT2D eigenvalue weighted by atomic mass is 9.96. The van der Waals surface area contributed by atoms with Crippen molar-refractivity contribution in [2.45, 2.75) is 92.9 Å². The Kier molecular flexibility index (Phi) is 11.6. The molecule has 0 saturated carbocycles. The highest BCUT2D eigenvalue weighted by atomic mass is 16.3. The van der Waals surface area contributed by atoms with E-state index in [2.05, 4.69) is 37.6 Å². The molecule has 0 spiro atoms. The lowest BCUT2D eigenvalue weighted by Crippen LogP contribution is -2.35. The van der Waals surface area contributed by atoms with Crippen LogP contribution in [0.4, 0.5) is 5.95 Å². The quantitative estimate of drug-likeness (QED) is 0.147. The molecule has 0 aliphatic carbocycles. The van der Waals surface area contributed by atoms with E-state index in [1.807, 2.05) is 0 Å². The third-order valence-corrected chi connectivity index (χ3v) is 8.24. The molecule has 2 aromatic carbocycles. The standard InChI is InChI=1S/C33H48N4O4/c1-7-11-13-23(9-3)19-37(20-24(10-4)14-12-8-2)33-35-31(25-15-17-27(38)21(5)29(25)40)34-32(36-33)26-16-18-28(39)22(6)30(26)41/h15-18,23-24,38-41H,7-14,19-20H2,1-6H3. The van der Waals surface area contributed by atoms with Gasteiger partial charge in [0.2, 0.25) is 5.95 Å². The van der Waals surface area contributed by atoms with Crippen LogP contribution in [0.25, 0.3) is 22.8 Å². The largest absolute Gasteiger partial charge is 0.508 e. The number of hydrogen-bond donors (Lipinski definition) is 4. The molecule has 8 nitrogen and oxygen atoms in total. The molecule has 1 heterocycles. The molecule has 8 heteroatoms. The second-order valence-corrected chi connectivity index (χ2v) is 11.2. The van der Waals surface area contributed by atoms with Crippen LogP contribution in [0.1, 0.15) is 90.2 Å². The van der Waals surface area contributed by atoms with Gasteiger partial charge in [0.1, 0.15) is 23.0 Å². The van der Waals surface area contributed by atoms with Crippen LogP contribution < -0.4 is 4.90 Å². The Bertz CT molecular complexity index is 1200. The number of hydrogen-bond acceptors (Lipinski definition) is 8. The number of anilines is 1. The Morgan fingerprint density at radius 3 is 1.41 bits per heavy atom. The summed E-state index contributed by atoms with van der Waals surface area (Å²) in [5.74, 6) is 1.70. The molecular weight excluding hydrogens is 516 g/mol. The monoisotopic (exact) mass is 564 g/mol. The van der Waals surface area contributed by atoms with E-state index in [1.165, 1.54) is 12.1 Å². The molecule has 2 unspecified atom stereocenters. The molecule has 0 fully saturated rings. The molecule has 224 valence electrons. The van der Waals surface area contributed by atoms with Gasteiger partial charge in [-0.1, -0.05) is 66.2 Å². The fourth-order valence-corrected chi connectivity index (χ4v) is 5.18. The Morgan fingerprint density at radius 2 is 1.05 bits per heavy atom. The molecule has 0 aliphatic heterocycles. The first-order valence-corrected chi connectivity index (χ1v) is 15.2. The number of benzene rings is 2. The number of unbranched alkanes of at least 4 members (excludes halogenated alkanes) is 2. The first kappa shape index (κ1) is 32.0. The topological polar surface area (TPSA) is 123 Å². The number of phenolic OH excluding ortho intramolecular Hbond substituents is 4. The van der Waals surface area contributed by atoms with Crippen LogP contribution in [0.2, 0.25) is 0 Å². The van der Waals surface area contributed by atoms with Gasteiger partial charge in [-0.25, -0.2) is 4.98 Å². The van der Waals surface area contributed by atoms with Crippen LogP contribution in [-0.4, -0.2) is 48.5 Å². The summed E-state index contributed by atoms with van der Waals surface area (Å²) in [4.78, 5) is 16.7. The van der Waals surface area contributed by atoms with E-state index in [9.17, 15) is 20.4 Å². The fraction of sp³-hybridized carbons (Fsp3) is 0.545. The van der Waals surface area contributed by atoms with Crippen LogP contribution in [0.3, 0.4) is 0 Å². The highest BCUT2D eigenvalue weighted by molar-refractivity contribution is 5.73. The summed E-state index contributed by atoms with van der Waals surface area (Å²) in [6.45, 7) is 13.7. The fourth-order valence-electron chi connectivity index (χ4n) is 5.18. The lowest BCUT2D eigenvalue weighted by Gasteiger charge is -2.31. The molecule has 4 N–H and O–H groups in total. The zero-order valence-electron chi connectivity index (χ0n) is 25.6. The second kappa shape index (κ2) is 14.9. The van der Waals surface area contributed by atoms with E-state index >= 15 is 0 Å². The average molecular weight is 565 g/mol. The summed E-state index contributed by atoms with van der Waals surface area (Å²) in [6.07, 6.45) is 8.94. The van der Waals surface area contributed by atoms with E-state index < -0.39 is 0 Å². The van der Waals surface area contributed by atoms with Crippen molar-refractivity contribution >= 4 is 5.95 Å². The van der Waals surface area contributed by atoms with Gasteiger partial charge < -0.3 is 25.3 Å². The summed E-state index contributed by atoms with van der Waals surface area (Å²) in [5, 5.41) is 42.2. The van der Waals surface area contributed by atoms with Crippen molar-refractivity contribution in [1.82, 2.24) is 15.0 Å². The van der Waals surface area contributed by atoms with Crippen molar-refractivity contribution in [2.75, 3.05) is 18.0 Å². The van der Waals surface area contributed by atoms with Gasteiger partial charge >= 0.3 is 0 Å². The van der Waals surface area contributed by atoms with Gasteiger partial charge in [-0.15, -0.1) is 0 Å². The maximum atomic E-state index is 11.0. The maximum absolute atomic E-state index is 11.0. The smallest absolute Gasteiger partial charge is 0.229 e. The molecule has 0 bridgehead atoms. The van der Waals surface area contributed by atoms with Gasteiger partial charge in [-0.2, -0.15) is 9.97 Å². The normalized spacial score (nSPS) is 12.8. The minimum absolute atomic E-state index is 0.0161. The van der Waals surface area contributed by atoms with Crippen LogP contribution >= 0.6 is 0 Å². The number of aromatic hydroxyl groups is 4. The Labute approximate surface area is 245 Å². The van der Waals surface area contributed by atoms with Crippen molar-refractivity contribution in [1.29, 1.82) is 0 Å². The Balaban J connectivity index is 2.23. The highest BCUT2D eigenvalue weighted by Gasteiger charge is 2.24. The lowest BCUT2D eigenvalue weighted by molar-refractivity contribution is 0.400. The van der Waals surface area contributed by atoms with E-state index in [0.717, 1.165) is 64.5 Å². The third kappa shape index (κ3) is 7.80. The van der Waals surface area contributed by atoms with E-state index in [1.54, 1.807) is 26.0 Å². The Hall–Kier alpha value is -3.55. The van der Waals surface area contributed by atoms with Gasteiger partial charge in [0, 0.05) is 24.2 Å². The Morgan fingerprint density at radius 1 is 0.634 bits per heavy atom. The van der Waals surface area contributed by atoms with Crippen LogP contribution in [0.15, 0.2) is 24.3 Å². The average Bonchev–Trinajstić information content (AvgIpc) is 2.97. The van der Waals surface area contributed by atoms with Gasteiger partial charge in [-0.05, 0) is 62.8 Å². The van der Waals surface area contributed by atoms with Crippen molar-refractivity contribution in [3.8, 4) is 45.8 Å². The van der Waals surface area contributed by atoms with Crippen molar-refractivity contribution < 1.29 is 20.4 Å². The molecule has 41 heavy (non-hydrogen) atoms. The molecule has 0 saturated heterocycles. The minimum atomic E-state index is -0.102. The van der Waals surface area contributed by atoms with Gasteiger partial charge in [0.15, 0.2) is 11.6 Å². The third-order valence-electron chi connectivity index (χ3n) is 8.24. The first-order chi connectivity index (χ1) is 19.6. The number of aromatic nitrogens is 3. The zero-order chi connectivity index (χ0) is 30.1. The molecule has 2 atom stereocenters. The first-order valence-electron chi connectivity index (χ1n) is 15.2.